The van der Waals surface area contributed by atoms with Gasteiger partial charge in [-0.05, 0) is 12.0 Å². The molecule has 0 atom stereocenters. The lowest BCUT2D eigenvalue weighted by Gasteiger charge is -2.30. The third-order valence-corrected chi connectivity index (χ3v) is 5.12. The minimum absolute atomic E-state index is 0.183. The van der Waals surface area contributed by atoms with E-state index in [-0.39, 0.29) is 6.03 Å². The molecule has 3 heterocycles. The van der Waals surface area contributed by atoms with Crippen LogP contribution in [-0.2, 0) is 17.7 Å². The Kier molecular flexibility index (Phi) is 5.66. The van der Waals surface area contributed by atoms with Crippen molar-refractivity contribution in [2.75, 3.05) is 57.3 Å². The maximum absolute atomic E-state index is 12.8. The van der Waals surface area contributed by atoms with E-state index in [4.69, 9.17) is 19.2 Å². The van der Waals surface area contributed by atoms with Crippen molar-refractivity contribution < 1.29 is 19.0 Å². The van der Waals surface area contributed by atoms with Crippen molar-refractivity contribution in [1.29, 1.82) is 0 Å². The number of rotatable bonds is 4. The Morgan fingerprint density at radius 1 is 1.10 bits per heavy atom. The van der Waals surface area contributed by atoms with Gasteiger partial charge in [-0.3, -0.25) is 0 Å². The predicted octanol–water partition coefficient (Wildman–Crippen LogP) is 1.92. The third kappa shape index (κ3) is 4.34. The highest BCUT2D eigenvalue weighted by atomic mass is 16.5. The van der Waals surface area contributed by atoms with E-state index in [1.807, 2.05) is 6.20 Å². The van der Waals surface area contributed by atoms with Gasteiger partial charge in [0, 0.05) is 49.7 Å². The topological polar surface area (TPSA) is 89.1 Å². The fraction of sp³-hybridized carbons (Fsp3) is 0.450. The molecule has 2 amide bonds. The van der Waals surface area contributed by atoms with Crippen LogP contribution in [0.15, 0.2) is 24.4 Å². The predicted molar refractivity (Wildman–Crippen MR) is 108 cm³/mol. The molecule has 0 spiro atoms. The molecular weight excluding hydrogens is 374 g/mol. The lowest BCUT2D eigenvalue weighted by molar-refractivity contribution is 0.122. The molecule has 0 bridgehead atoms. The Morgan fingerprint density at radius 3 is 2.52 bits per heavy atom. The van der Waals surface area contributed by atoms with E-state index in [1.54, 1.807) is 37.3 Å². The maximum Gasteiger partial charge on any atom is 0.322 e. The molecule has 1 fully saturated rings. The quantitative estimate of drug-likeness (QED) is 0.840. The molecule has 0 aliphatic carbocycles. The van der Waals surface area contributed by atoms with Gasteiger partial charge >= 0.3 is 6.03 Å². The standard InChI is InChI=1S/C20H25N5O4/c1-27-16-9-15(10-17(11-16)28-2)22-20(26)25-4-3-14-12-21-19(23-18(14)13-25)24-5-7-29-8-6-24/h9-12H,3-8,13H2,1-2H3,(H,22,26). The number of morpholine rings is 1. The number of nitrogens with one attached hydrogen (secondary N) is 1. The van der Waals surface area contributed by atoms with E-state index in [9.17, 15) is 4.79 Å². The molecule has 1 N–H and O–H groups in total. The van der Waals surface area contributed by atoms with Crippen LogP contribution in [0.5, 0.6) is 11.5 Å². The summed E-state index contributed by atoms with van der Waals surface area (Å²) < 4.78 is 15.9. The van der Waals surface area contributed by atoms with E-state index < -0.39 is 0 Å². The highest BCUT2D eigenvalue weighted by molar-refractivity contribution is 5.90. The molecule has 29 heavy (non-hydrogen) atoms. The number of amides is 2. The van der Waals surface area contributed by atoms with Crippen LogP contribution >= 0.6 is 0 Å². The molecule has 1 aromatic carbocycles. The summed E-state index contributed by atoms with van der Waals surface area (Å²) in [6.45, 7) is 3.97. The lowest BCUT2D eigenvalue weighted by Crippen LogP contribution is -2.40. The number of hydrogen-bond donors (Lipinski definition) is 1. The smallest absolute Gasteiger partial charge is 0.322 e. The average Bonchev–Trinajstić information content (AvgIpc) is 2.78. The van der Waals surface area contributed by atoms with E-state index >= 15 is 0 Å². The molecule has 1 aromatic heterocycles. The first kappa shape index (κ1) is 19.3. The number of aromatic nitrogens is 2. The van der Waals surface area contributed by atoms with Gasteiger partial charge in [0.1, 0.15) is 11.5 Å². The number of urea groups is 1. The summed E-state index contributed by atoms with van der Waals surface area (Å²) in [6, 6.07) is 5.10. The molecule has 2 aliphatic rings. The van der Waals surface area contributed by atoms with Gasteiger partial charge in [-0.25, -0.2) is 14.8 Å². The number of hydrogen-bond acceptors (Lipinski definition) is 7. The summed E-state index contributed by atoms with van der Waals surface area (Å²) in [7, 11) is 3.15. The molecule has 1 saturated heterocycles. The number of methoxy groups -OCH3 is 2. The Morgan fingerprint density at radius 2 is 1.83 bits per heavy atom. The molecular formula is C20H25N5O4. The molecule has 9 nitrogen and oxygen atoms in total. The van der Waals surface area contributed by atoms with Gasteiger partial charge in [-0.2, -0.15) is 0 Å². The van der Waals surface area contributed by atoms with Gasteiger partial charge in [-0.15, -0.1) is 0 Å². The Bertz CT molecular complexity index is 863. The van der Waals surface area contributed by atoms with Crippen LogP contribution in [0.25, 0.3) is 0 Å². The molecule has 2 aromatic rings. The van der Waals surface area contributed by atoms with Crippen LogP contribution < -0.4 is 19.7 Å². The van der Waals surface area contributed by atoms with Crippen molar-refractivity contribution in [1.82, 2.24) is 14.9 Å². The number of fused-ring (bicyclic) bond motifs is 1. The maximum atomic E-state index is 12.8. The van der Waals surface area contributed by atoms with Crippen molar-refractivity contribution in [2.45, 2.75) is 13.0 Å². The van der Waals surface area contributed by atoms with E-state index in [0.717, 1.165) is 30.8 Å². The SMILES string of the molecule is COc1cc(NC(=O)N2CCc3cnc(N4CCOCC4)nc3C2)cc(OC)c1. The molecule has 0 saturated carbocycles. The second-order valence-corrected chi connectivity index (χ2v) is 6.94. The summed E-state index contributed by atoms with van der Waals surface area (Å²) in [5, 5.41) is 2.93. The van der Waals surface area contributed by atoms with Crippen molar-refractivity contribution in [3.8, 4) is 11.5 Å². The van der Waals surface area contributed by atoms with Gasteiger partial charge in [0.2, 0.25) is 5.95 Å². The van der Waals surface area contributed by atoms with Crippen molar-refractivity contribution >= 4 is 17.7 Å². The highest BCUT2D eigenvalue weighted by Crippen LogP contribution is 2.27. The van der Waals surface area contributed by atoms with Crippen LogP contribution in [0.4, 0.5) is 16.4 Å². The Labute approximate surface area is 169 Å². The molecule has 9 heteroatoms. The van der Waals surface area contributed by atoms with Gasteiger partial charge in [0.15, 0.2) is 0 Å². The first-order valence-corrected chi connectivity index (χ1v) is 9.63. The lowest BCUT2D eigenvalue weighted by atomic mass is 10.1. The summed E-state index contributed by atoms with van der Waals surface area (Å²) in [6.07, 6.45) is 2.61. The number of anilines is 2. The minimum Gasteiger partial charge on any atom is -0.497 e. The molecule has 4 rings (SSSR count). The summed E-state index contributed by atoms with van der Waals surface area (Å²) in [5.41, 5.74) is 2.61. The van der Waals surface area contributed by atoms with Crippen LogP contribution in [0.3, 0.4) is 0 Å². The van der Waals surface area contributed by atoms with Crippen LogP contribution in [0.1, 0.15) is 11.3 Å². The van der Waals surface area contributed by atoms with Crippen molar-refractivity contribution in [3.63, 3.8) is 0 Å². The first-order valence-electron chi connectivity index (χ1n) is 9.63. The van der Waals surface area contributed by atoms with E-state index in [1.165, 1.54) is 0 Å². The minimum atomic E-state index is -0.183. The second-order valence-electron chi connectivity index (χ2n) is 6.94. The zero-order valence-electron chi connectivity index (χ0n) is 16.7. The highest BCUT2D eigenvalue weighted by Gasteiger charge is 2.24. The zero-order chi connectivity index (χ0) is 20.2. The molecule has 0 unspecified atom stereocenters. The Hall–Kier alpha value is -3.07. The average molecular weight is 399 g/mol. The van der Waals surface area contributed by atoms with Crippen LogP contribution in [-0.4, -0.2) is 68.0 Å². The van der Waals surface area contributed by atoms with Gasteiger partial charge in [0.05, 0.1) is 39.7 Å². The second kappa shape index (κ2) is 8.52. The number of benzene rings is 1. The molecule has 2 aliphatic heterocycles. The van der Waals surface area contributed by atoms with Gasteiger partial charge in [-0.1, -0.05) is 0 Å². The fourth-order valence-corrected chi connectivity index (χ4v) is 3.46. The Balaban J connectivity index is 1.47. The summed E-state index contributed by atoms with van der Waals surface area (Å²) in [4.78, 5) is 25.9. The van der Waals surface area contributed by atoms with Crippen LogP contribution in [0, 0.1) is 0 Å². The largest absolute Gasteiger partial charge is 0.497 e. The van der Waals surface area contributed by atoms with Gasteiger partial charge in [0.25, 0.3) is 0 Å². The zero-order valence-corrected chi connectivity index (χ0v) is 16.7. The number of ether oxygens (including phenoxy) is 3. The first-order chi connectivity index (χ1) is 14.2. The van der Waals surface area contributed by atoms with Crippen molar-refractivity contribution in [3.05, 3.63) is 35.7 Å². The summed E-state index contributed by atoms with van der Waals surface area (Å²) in [5.74, 6) is 1.94. The van der Waals surface area contributed by atoms with Gasteiger partial charge < -0.3 is 29.3 Å². The van der Waals surface area contributed by atoms with Crippen LogP contribution in [0.2, 0.25) is 0 Å². The van der Waals surface area contributed by atoms with E-state index in [2.05, 4.69) is 15.2 Å². The van der Waals surface area contributed by atoms with E-state index in [0.29, 0.717) is 49.4 Å². The summed E-state index contributed by atoms with van der Waals surface area (Å²) >= 11 is 0. The van der Waals surface area contributed by atoms with Crippen molar-refractivity contribution in [2.24, 2.45) is 0 Å². The molecule has 154 valence electrons. The number of carbonyl (C=O) groups excluding carboxylic acids is 1. The normalized spacial score (nSPS) is 16.2. The monoisotopic (exact) mass is 399 g/mol. The third-order valence-electron chi connectivity index (χ3n) is 5.12. The number of nitrogens with zero attached hydrogens (tertiary/aromatic N) is 4. The fourth-order valence-electron chi connectivity index (χ4n) is 3.46. The molecule has 0 radical (unpaired) electrons. The number of carbonyl (C=O) groups is 1.